The second kappa shape index (κ2) is 4.76. The minimum Gasteiger partial charge on any atom is -0.383 e. The summed E-state index contributed by atoms with van der Waals surface area (Å²) in [5.74, 6) is 1.20. The normalized spacial score (nSPS) is 10.9. The molecule has 2 rings (SSSR count). The van der Waals surface area contributed by atoms with Gasteiger partial charge >= 0.3 is 0 Å². The SMILES string of the molecule is CCCc1c(C)nn(-c2nc(C)cc(C)n2)c1N. The second-order valence-electron chi connectivity index (χ2n) is 4.56. The van der Waals surface area contributed by atoms with E-state index in [1.807, 2.05) is 26.8 Å². The summed E-state index contributed by atoms with van der Waals surface area (Å²) in [5.41, 5.74) is 10.0. The van der Waals surface area contributed by atoms with E-state index in [4.69, 9.17) is 5.73 Å². The minimum absolute atomic E-state index is 0.551. The van der Waals surface area contributed by atoms with Gasteiger partial charge in [-0.2, -0.15) is 9.78 Å². The lowest BCUT2D eigenvalue weighted by atomic mass is 10.1. The Kier molecular flexibility index (Phi) is 3.32. The van der Waals surface area contributed by atoms with Crippen LogP contribution in [0.2, 0.25) is 0 Å². The third-order valence-electron chi connectivity index (χ3n) is 2.88. The molecule has 0 bridgehead atoms. The average Bonchev–Trinajstić information content (AvgIpc) is 2.56. The van der Waals surface area contributed by atoms with Crippen molar-refractivity contribution in [1.82, 2.24) is 19.7 Å². The van der Waals surface area contributed by atoms with E-state index in [9.17, 15) is 0 Å². The van der Waals surface area contributed by atoms with Crippen molar-refractivity contribution in [3.05, 3.63) is 28.7 Å². The molecule has 2 heterocycles. The number of anilines is 1. The molecule has 0 spiro atoms. The van der Waals surface area contributed by atoms with E-state index in [1.165, 1.54) is 0 Å². The van der Waals surface area contributed by atoms with Gasteiger partial charge in [-0.25, -0.2) is 9.97 Å². The lowest BCUT2D eigenvalue weighted by Crippen LogP contribution is -2.08. The molecule has 5 nitrogen and oxygen atoms in total. The van der Waals surface area contributed by atoms with Crippen molar-refractivity contribution in [2.75, 3.05) is 5.73 Å². The van der Waals surface area contributed by atoms with Crippen LogP contribution in [-0.2, 0) is 6.42 Å². The average molecular weight is 245 g/mol. The van der Waals surface area contributed by atoms with Gasteiger partial charge in [-0.1, -0.05) is 13.3 Å². The summed E-state index contributed by atoms with van der Waals surface area (Å²) in [7, 11) is 0. The van der Waals surface area contributed by atoms with Gasteiger partial charge < -0.3 is 5.73 Å². The van der Waals surface area contributed by atoms with Gasteiger partial charge in [0.2, 0.25) is 0 Å². The number of rotatable bonds is 3. The fourth-order valence-corrected chi connectivity index (χ4v) is 2.09. The summed E-state index contributed by atoms with van der Waals surface area (Å²) < 4.78 is 1.64. The molecule has 96 valence electrons. The quantitative estimate of drug-likeness (QED) is 0.899. The van der Waals surface area contributed by atoms with E-state index in [0.717, 1.165) is 35.5 Å². The Labute approximate surface area is 107 Å². The molecule has 0 aromatic carbocycles. The highest BCUT2D eigenvalue weighted by Gasteiger charge is 2.14. The van der Waals surface area contributed by atoms with Gasteiger partial charge in [0.1, 0.15) is 5.82 Å². The predicted octanol–water partition coefficient (Wildman–Crippen LogP) is 2.12. The van der Waals surface area contributed by atoms with E-state index in [1.54, 1.807) is 4.68 Å². The van der Waals surface area contributed by atoms with Crippen LogP contribution in [0.15, 0.2) is 6.07 Å². The third-order valence-corrected chi connectivity index (χ3v) is 2.88. The van der Waals surface area contributed by atoms with Crippen molar-refractivity contribution in [2.24, 2.45) is 0 Å². The molecule has 5 heteroatoms. The predicted molar refractivity (Wildman–Crippen MR) is 71.8 cm³/mol. The van der Waals surface area contributed by atoms with Crippen molar-refractivity contribution in [2.45, 2.75) is 40.5 Å². The Morgan fingerprint density at radius 3 is 2.33 bits per heavy atom. The van der Waals surface area contributed by atoms with Crippen molar-refractivity contribution in [3.8, 4) is 5.95 Å². The zero-order chi connectivity index (χ0) is 13.3. The van der Waals surface area contributed by atoms with Gasteiger partial charge in [-0.3, -0.25) is 0 Å². The van der Waals surface area contributed by atoms with Crippen LogP contribution in [0, 0.1) is 20.8 Å². The molecule has 2 N–H and O–H groups in total. The molecule has 0 aliphatic heterocycles. The van der Waals surface area contributed by atoms with E-state index >= 15 is 0 Å². The summed E-state index contributed by atoms with van der Waals surface area (Å²) in [5, 5.41) is 4.45. The second-order valence-corrected chi connectivity index (χ2v) is 4.56. The van der Waals surface area contributed by atoms with Gasteiger partial charge in [-0.05, 0) is 33.3 Å². The molecule has 2 aromatic heterocycles. The van der Waals surface area contributed by atoms with Gasteiger partial charge in [0.05, 0.1) is 5.69 Å². The Morgan fingerprint density at radius 1 is 1.17 bits per heavy atom. The number of aromatic nitrogens is 4. The maximum absolute atomic E-state index is 6.14. The molecule has 18 heavy (non-hydrogen) atoms. The van der Waals surface area contributed by atoms with Crippen molar-refractivity contribution >= 4 is 5.82 Å². The smallest absolute Gasteiger partial charge is 0.252 e. The summed E-state index contributed by atoms with van der Waals surface area (Å²) >= 11 is 0. The lowest BCUT2D eigenvalue weighted by Gasteiger charge is -2.05. The Bertz CT molecular complexity index is 551. The molecule has 2 aromatic rings. The standard InChI is InChI=1S/C13H19N5/c1-5-6-11-10(4)17-18(12(11)14)13-15-8(2)7-9(3)16-13/h7H,5-6,14H2,1-4H3. The fraction of sp³-hybridized carbons (Fsp3) is 0.462. The van der Waals surface area contributed by atoms with Crippen molar-refractivity contribution in [1.29, 1.82) is 0 Å². The number of hydrogen-bond acceptors (Lipinski definition) is 4. The molecule has 0 amide bonds. The molecule has 0 radical (unpaired) electrons. The maximum atomic E-state index is 6.14. The first kappa shape index (κ1) is 12.5. The van der Waals surface area contributed by atoms with Gasteiger partial charge in [0.15, 0.2) is 0 Å². The van der Waals surface area contributed by atoms with Crippen LogP contribution in [0.25, 0.3) is 5.95 Å². The van der Waals surface area contributed by atoms with Crippen LogP contribution in [0.1, 0.15) is 36.0 Å². The van der Waals surface area contributed by atoms with Crippen LogP contribution < -0.4 is 5.73 Å². The molecule has 0 fully saturated rings. The van der Waals surface area contributed by atoms with Gasteiger partial charge in [0.25, 0.3) is 5.95 Å². The number of nitrogens with zero attached hydrogens (tertiary/aromatic N) is 4. The van der Waals surface area contributed by atoms with Crippen LogP contribution in [0.3, 0.4) is 0 Å². The monoisotopic (exact) mass is 245 g/mol. The fourth-order valence-electron chi connectivity index (χ4n) is 2.09. The molecule has 0 aliphatic rings. The summed E-state index contributed by atoms with van der Waals surface area (Å²) in [6.07, 6.45) is 1.98. The number of nitrogen functional groups attached to an aromatic ring is 1. The van der Waals surface area contributed by atoms with E-state index in [-0.39, 0.29) is 0 Å². The molecule has 0 saturated heterocycles. The Morgan fingerprint density at radius 2 is 1.78 bits per heavy atom. The van der Waals surface area contributed by atoms with Crippen LogP contribution in [0.4, 0.5) is 5.82 Å². The maximum Gasteiger partial charge on any atom is 0.252 e. The molecule has 0 saturated carbocycles. The highest BCUT2D eigenvalue weighted by Crippen LogP contribution is 2.20. The van der Waals surface area contributed by atoms with E-state index < -0.39 is 0 Å². The summed E-state index contributed by atoms with van der Waals surface area (Å²) in [4.78, 5) is 8.78. The topological polar surface area (TPSA) is 69.6 Å². The first-order valence-corrected chi connectivity index (χ1v) is 6.19. The highest BCUT2D eigenvalue weighted by atomic mass is 15.4. The number of nitrogens with two attached hydrogens (primary N) is 1. The highest BCUT2D eigenvalue weighted by molar-refractivity contribution is 5.47. The first-order valence-electron chi connectivity index (χ1n) is 6.19. The van der Waals surface area contributed by atoms with Crippen LogP contribution in [0.5, 0.6) is 0 Å². The Balaban J connectivity index is 2.54. The van der Waals surface area contributed by atoms with Gasteiger partial charge in [0, 0.05) is 17.0 Å². The number of aryl methyl sites for hydroxylation is 3. The summed E-state index contributed by atoms with van der Waals surface area (Å²) in [6.45, 7) is 7.99. The molecule has 0 aliphatic carbocycles. The first-order chi connectivity index (χ1) is 8.52. The number of hydrogen-bond donors (Lipinski definition) is 1. The van der Waals surface area contributed by atoms with Crippen molar-refractivity contribution < 1.29 is 0 Å². The van der Waals surface area contributed by atoms with Crippen LogP contribution in [-0.4, -0.2) is 19.7 Å². The zero-order valence-corrected chi connectivity index (χ0v) is 11.4. The lowest BCUT2D eigenvalue weighted by molar-refractivity contribution is 0.792. The third kappa shape index (κ3) is 2.20. The zero-order valence-electron chi connectivity index (χ0n) is 11.4. The molecule has 0 unspecified atom stereocenters. The molecular weight excluding hydrogens is 226 g/mol. The van der Waals surface area contributed by atoms with Crippen LogP contribution >= 0.6 is 0 Å². The summed E-state index contributed by atoms with van der Waals surface area (Å²) in [6, 6.07) is 1.93. The molecule has 0 atom stereocenters. The van der Waals surface area contributed by atoms with Gasteiger partial charge in [-0.15, -0.1) is 0 Å². The largest absolute Gasteiger partial charge is 0.383 e. The Hall–Kier alpha value is -1.91. The van der Waals surface area contributed by atoms with Crippen molar-refractivity contribution in [3.63, 3.8) is 0 Å². The van der Waals surface area contributed by atoms with E-state index in [0.29, 0.717) is 11.8 Å². The minimum atomic E-state index is 0.551. The molecular formula is C13H19N5. The van der Waals surface area contributed by atoms with E-state index in [2.05, 4.69) is 22.0 Å².